The van der Waals surface area contributed by atoms with Gasteiger partial charge in [0, 0.05) is 12.0 Å². The van der Waals surface area contributed by atoms with Crippen molar-refractivity contribution in [2.45, 2.75) is 19.3 Å². The third-order valence-corrected chi connectivity index (χ3v) is 3.88. The molecule has 0 aromatic heterocycles. The van der Waals surface area contributed by atoms with Gasteiger partial charge in [-0.2, -0.15) is 0 Å². The van der Waals surface area contributed by atoms with Gasteiger partial charge in [-0.3, -0.25) is 4.79 Å². The Bertz CT molecular complexity index is 297. The molecule has 0 aromatic carbocycles. The van der Waals surface area contributed by atoms with Gasteiger partial charge in [0.1, 0.15) is 5.83 Å². The van der Waals surface area contributed by atoms with Gasteiger partial charge in [-0.25, -0.2) is 4.39 Å². The second-order valence-electron chi connectivity index (χ2n) is 4.68. The second kappa shape index (κ2) is 3.59. The predicted octanol–water partition coefficient (Wildman–Crippen LogP) is 1.66. The number of carboxylic acid groups (broad SMARTS) is 1. The lowest BCUT2D eigenvalue weighted by Crippen LogP contribution is -2.55. The van der Waals surface area contributed by atoms with Crippen LogP contribution in [-0.2, 0) is 4.79 Å². The summed E-state index contributed by atoms with van der Waals surface area (Å²) in [7, 11) is 0. The standard InChI is InChI=1S/C11H16FNO2/c1-8(12)11(6-10(14)15)7-13-4-2-9(11)3-5-13/h9H,1-7H2,(H,14,15). The van der Waals surface area contributed by atoms with E-state index in [1.165, 1.54) is 0 Å². The minimum Gasteiger partial charge on any atom is -0.481 e. The first-order chi connectivity index (χ1) is 7.04. The average Bonchev–Trinajstić information content (AvgIpc) is 2.18. The van der Waals surface area contributed by atoms with Crippen molar-refractivity contribution in [3.05, 3.63) is 12.4 Å². The van der Waals surface area contributed by atoms with E-state index in [9.17, 15) is 9.18 Å². The van der Waals surface area contributed by atoms with Crippen molar-refractivity contribution >= 4 is 5.97 Å². The molecule has 84 valence electrons. The summed E-state index contributed by atoms with van der Waals surface area (Å²) in [6, 6.07) is 0. The van der Waals surface area contributed by atoms with E-state index in [1.807, 2.05) is 0 Å². The van der Waals surface area contributed by atoms with E-state index in [0.29, 0.717) is 6.54 Å². The van der Waals surface area contributed by atoms with E-state index in [1.54, 1.807) is 0 Å². The summed E-state index contributed by atoms with van der Waals surface area (Å²) >= 11 is 0. The van der Waals surface area contributed by atoms with Crippen LogP contribution in [0.4, 0.5) is 4.39 Å². The molecule has 0 amide bonds. The van der Waals surface area contributed by atoms with Gasteiger partial charge in [0.25, 0.3) is 0 Å². The molecule has 1 unspecified atom stereocenters. The van der Waals surface area contributed by atoms with Crippen molar-refractivity contribution in [3.8, 4) is 0 Å². The van der Waals surface area contributed by atoms with E-state index >= 15 is 0 Å². The summed E-state index contributed by atoms with van der Waals surface area (Å²) in [5.41, 5.74) is -0.817. The Kier molecular flexibility index (Phi) is 2.54. The highest BCUT2D eigenvalue weighted by molar-refractivity contribution is 5.68. The van der Waals surface area contributed by atoms with Crippen LogP contribution in [0.5, 0.6) is 0 Å². The molecule has 2 bridgehead atoms. The van der Waals surface area contributed by atoms with Crippen LogP contribution in [0.25, 0.3) is 0 Å². The van der Waals surface area contributed by atoms with E-state index < -0.39 is 17.2 Å². The Hall–Kier alpha value is -0.900. The maximum absolute atomic E-state index is 13.6. The molecule has 15 heavy (non-hydrogen) atoms. The molecule has 0 saturated carbocycles. The van der Waals surface area contributed by atoms with E-state index in [2.05, 4.69) is 11.5 Å². The van der Waals surface area contributed by atoms with Gasteiger partial charge in [-0.1, -0.05) is 6.58 Å². The molecule has 3 nitrogen and oxygen atoms in total. The molecule has 3 aliphatic rings. The summed E-state index contributed by atoms with van der Waals surface area (Å²) in [5, 5.41) is 8.88. The van der Waals surface area contributed by atoms with Crippen LogP contribution in [0.2, 0.25) is 0 Å². The first kappa shape index (κ1) is 10.6. The van der Waals surface area contributed by atoms with Crippen LogP contribution in [0, 0.1) is 11.3 Å². The third kappa shape index (κ3) is 1.67. The number of carbonyl (C=O) groups is 1. The van der Waals surface area contributed by atoms with Crippen LogP contribution >= 0.6 is 0 Å². The molecule has 3 fully saturated rings. The number of aliphatic carboxylic acids is 1. The first-order valence-corrected chi connectivity index (χ1v) is 5.33. The fourth-order valence-electron chi connectivity index (χ4n) is 3.05. The highest BCUT2D eigenvalue weighted by Crippen LogP contribution is 2.49. The molecule has 0 radical (unpaired) electrons. The topological polar surface area (TPSA) is 40.5 Å². The predicted molar refractivity (Wildman–Crippen MR) is 54.1 cm³/mol. The summed E-state index contributed by atoms with van der Waals surface area (Å²) in [4.78, 5) is 13.0. The maximum Gasteiger partial charge on any atom is 0.304 e. The number of hydrogen-bond donors (Lipinski definition) is 1. The van der Waals surface area contributed by atoms with Crippen molar-refractivity contribution in [1.29, 1.82) is 0 Å². The smallest absolute Gasteiger partial charge is 0.304 e. The molecule has 0 aliphatic carbocycles. The number of halogens is 1. The number of fused-ring (bicyclic) bond motifs is 3. The van der Waals surface area contributed by atoms with Crippen molar-refractivity contribution in [1.82, 2.24) is 4.90 Å². The molecule has 3 rings (SSSR count). The summed E-state index contributed by atoms with van der Waals surface area (Å²) < 4.78 is 13.6. The maximum atomic E-state index is 13.6. The molecule has 1 N–H and O–H groups in total. The number of piperidine rings is 3. The SMILES string of the molecule is C=C(F)C1(CC(=O)O)CN2CCC1CC2. The zero-order valence-corrected chi connectivity index (χ0v) is 8.71. The first-order valence-electron chi connectivity index (χ1n) is 5.33. The Morgan fingerprint density at radius 2 is 2.13 bits per heavy atom. The second-order valence-corrected chi connectivity index (χ2v) is 4.68. The van der Waals surface area contributed by atoms with Gasteiger partial charge in [-0.05, 0) is 31.8 Å². The van der Waals surface area contributed by atoms with Gasteiger partial charge in [-0.15, -0.1) is 0 Å². The van der Waals surface area contributed by atoms with Crippen molar-refractivity contribution in [2.24, 2.45) is 11.3 Å². The Labute approximate surface area is 88.6 Å². The van der Waals surface area contributed by atoms with Crippen molar-refractivity contribution < 1.29 is 14.3 Å². The Balaban J connectivity index is 2.26. The highest BCUT2D eigenvalue weighted by Gasteiger charge is 2.50. The summed E-state index contributed by atoms with van der Waals surface area (Å²) in [5.74, 6) is -1.21. The number of rotatable bonds is 3. The highest BCUT2D eigenvalue weighted by atomic mass is 19.1. The van der Waals surface area contributed by atoms with Crippen molar-refractivity contribution in [2.75, 3.05) is 19.6 Å². The van der Waals surface area contributed by atoms with Crippen LogP contribution in [0.1, 0.15) is 19.3 Å². The summed E-state index contributed by atoms with van der Waals surface area (Å²) in [6.07, 6.45) is 1.68. The lowest BCUT2D eigenvalue weighted by atomic mass is 9.64. The largest absolute Gasteiger partial charge is 0.481 e. The van der Waals surface area contributed by atoms with Crippen LogP contribution in [-0.4, -0.2) is 35.6 Å². The molecule has 3 heterocycles. The van der Waals surface area contributed by atoms with Gasteiger partial charge in [0.15, 0.2) is 0 Å². The lowest BCUT2D eigenvalue weighted by molar-refractivity contribution is -0.143. The van der Waals surface area contributed by atoms with E-state index in [0.717, 1.165) is 25.9 Å². The number of carboxylic acids is 1. The van der Waals surface area contributed by atoms with E-state index in [-0.39, 0.29) is 12.3 Å². The van der Waals surface area contributed by atoms with Gasteiger partial charge in [0.05, 0.1) is 6.42 Å². The fourth-order valence-corrected chi connectivity index (χ4v) is 3.05. The Morgan fingerprint density at radius 3 is 2.47 bits per heavy atom. The zero-order valence-electron chi connectivity index (χ0n) is 8.71. The van der Waals surface area contributed by atoms with E-state index in [4.69, 9.17) is 5.11 Å². The van der Waals surface area contributed by atoms with Gasteiger partial charge in [0.2, 0.25) is 0 Å². The molecular formula is C11H16FNO2. The normalized spacial score (nSPS) is 39.0. The molecule has 1 atom stereocenters. The molecule has 3 saturated heterocycles. The molecular weight excluding hydrogens is 197 g/mol. The van der Waals surface area contributed by atoms with Crippen molar-refractivity contribution in [3.63, 3.8) is 0 Å². The fraction of sp³-hybridized carbons (Fsp3) is 0.727. The minimum atomic E-state index is -0.928. The molecule has 0 aromatic rings. The third-order valence-electron chi connectivity index (χ3n) is 3.88. The van der Waals surface area contributed by atoms with Gasteiger partial charge < -0.3 is 10.0 Å². The number of nitrogens with zero attached hydrogens (tertiary/aromatic N) is 1. The minimum absolute atomic E-state index is 0.122. The average molecular weight is 213 g/mol. The zero-order chi connectivity index (χ0) is 11.1. The quantitative estimate of drug-likeness (QED) is 0.775. The van der Waals surface area contributed by atoms with Crippen LogP contribution in [0.15, 0.2) is 12.4 Å². The number of hydrogen-bond acceptors (Lipinski definition) is 2. The van der Waals surface area contributed by atoms with Crippen LogP contribution < -0.4 is 0 Å². The lowest BCUT2D eigenvalue weighted by Gasteiger charge is -2.52. The molecule has 0 spiro atoms. The Morgan fingerprint density at radius 1 is 1.53 bits per heavy atom. The monoisotopic (exact) mass is 213 g/mol. The van der Waals surface area contributed by atoms with Gasteiger partial charge >= 0.3 is 5.97 Å². The molecule has 4 heteroatoms. The van der Waals surface area contributed by atoms with Crippen LogP contribution in [0.3, 0.4) is 0 Å². The summed E-state index contributed by atoms with van der Waals surface area (Å²) in [6.45, 7) is 5.84. The molecule has 3 aliphatic heterocycles.